The van der Waals surface area contributed by atoms with Crippen LogP contribution in [0.25, 0.3) is 0 Å². The average molecular weight is 276 g/mol. The minimum atomic E-state index is -0.728. The van der Waals surface area contributed by atoms with E-state index in [0.29, 0.717) is 12.8 Å². The lowest BCUT2D eigenvalue weighted by Crippen LogP contribution is -2.30. The van der Waals surface area contributed by atoms with Crippen molar-refractivity contribution in [1.29, 1.82) is 0 Å². The van der Waals surface area contributed by atoms with Gasteiger partial charge in [-0.15, -0.1) is 0 Å². The van der Waals surface area contributed by atoms with Gasteiger partial charge in [0.2, 0.25) is 0 Å². The van der Waals surface area contributed by atoms with Crippen molar-refractivity contribution >= 4 is 17.9 Å². The van der Waals surface area contributed by atoms with Gasteiger partial charge in [-0.3, -0.25) is 0 Å². The van der Waals surface area contributed by atoms with Gasteiger partial charge >= 0.3 is 17.9 Å². The molecule has 0 saturated heterocycles. The SMILES string of the molecule is CCC(C)(CC)OC(=O)c1ccc2c(c1)C(=O)OC2=O. The summed E-state index contributed by atoms with van der Waals surface area (Å²) in [5.41, 5.74) is -0.00476. The Morgan fingerprint density at radius 2 is 1.75 bits per heavy atom. The van der Waals surface area contributed by atoms with E-state index >= 15 is 0 Å². The van der Waals surface area contributed by atoms with Crippen LogP contribution in [0.4, 0.5) is 0 Å². The van der Waals surface area contributed by atoms with Gasteiger partial charge in [0.1, 0.15) is 5.60 Å². The molecule has 0 unspecified atom stereocenters. The summed E-state index contributed by atoms with van der Waals surface area (Å²) in [5.74, 6) is -1.92. The fourth-order valence-corrected chi connectivity index (χ4v) is 1.89. The van der Waals surface area contributed by atoms with Crippen LogP contribution in [0.5, 0.6) is 0 Å². The smallest absolute Gasteiger partial charge is 0.346 e. The topological polar surface area (TPSA) is 69.7 Å². The van der Waals surface area contributed by atoms with Crippen LogP contribution < -0.4 is 0 Å². The Labute approximate surface area is 116 Å². The van der Waals surface area contributed by atoms with Gasteiger partial charge in [0.15, 0.2) is 0 Å². The Morgan fingerprint density at radius 1 is 1.15 bits per heavy atom. The van der Waals surface area contributed by atoms with Crippen molar-refractivity contribution in [3.63, 3.8) is 0 Å². The summed E-state index contributed by atoms with van der Waals surface area (Å²) in [6, 6.07) is 4.22. The molecule has 1 aliphatic heterocycles. The summed E-state index contributed by atoms with van der Waals surface area (Å²) >= 11 is 0. The molecule has 0 radical (unpaired) electrons. The van der Waals surface area contributed by atoms with Crippen molar-refractivity contribution in [1.82, 2.24) is 0 Å². The summed E-state index contributed by atoms with van der Waals surface area (Å²) in [4.78, 5) is 34.9. The number of hydrogen-bond donors (Lipinski definition) is 0. The molecule has 0 saturated carbocycles. The van der Waals surface area contributed by atoms with Crippen molar-refractivity contribution in [2.24, 2.45) is 0 Å². The number of fused-ring (bicyclic) bond motifs is 1. The maximum Gasteiger partial charge on any atom is 0.346 e. The second-order valence-electron chi connectivity index (χ2n) is 4.98. The standard InChI is InChI=1S/C15H16O5/c1-4-15(3,5-2)20-12(16)9-6-7-10-11(8-9)14(18)19-13(10)17/h6-8H,4-5H2,1-3H3. The number of ether oxygens (including phenoxy) is 2. The van der Waals surface area contributed by atoms with Crippen molar-refractivity contribution in [3.05, 3.63) is 34.9 Å². The molecule has 5 heteroatoms. The van der Waals surface area contributed by atoms with E-state index in [9.17, 15) is 14.4 Å². The largest absolute Gasteiger partial charge is 0.456 e. The summed E-state index contributed by atoms with van der Waals surface area (Å²) in [7, 11) is 0. The maximum absolute atomic E-state index is 12.1. The van der Waals surface area contributed by atoms with Crippen molar-refractivity contribution in [3.8, 4) is 0 Å². The van der Waals surface area contributed by atoms with Crippen LogP contribution in [-0.4, -0.2) is 23.5 Å². The second kappa shape index (κ2) is 5.07. The molecule has 1 aromatic rings. The predicted molar refractivity (Wildman–Crippen MR) is 70.6 cm³/mol. The highest BCUT2D eigenvalue weighted by Gasteiger charge is 2.31. The third kappa shape index (κ3) is 2.43. The zero-order chi connectivity index (χ0) is 14.9. The molecule has 20 heavy (non-hydrogen) atoms. The Hall–Kier alpha value is -2.17. The molecule has 1 aromatic carbocycles. The number of hydrogen-bond acceptors (Lipinski definition) is 5. The quantitative estimate of drug-likeness (QED) is 0.624. The van der Waals surface area contributed by atoms with Crippen LogP contribution in [0.2, 0.25) is 0 Å². The van der Waals surface area contributed by atoms with Crippen molar-refractivity contribution < 1.29 is 23.9 Å². The first-order valence-corrected chi connectivity index (χ1v) is 6.54. The number of rotatable bonds is 4. The van der Waals surface area contributed by atoms with E-state index in [1.54, 1.807) is 0 Å². The molecule has 0 fully saturated rings. The van der Waals surface area contributed by atoms with Crippen LogP contribution in [0.1, 0.15) is 64.7 Å². The van der Waals surface area contributed by atoms with E-state index in [4.69, 9.17) is 4.74 Å². The predicted octanol–water partition coefficient (Wildman–Crippen LogP) is 2.73. The van der Waals surface area contributed by atoms with E-state index in [-0.39, 0.29) is 16.7 Å². The summed E-state index contributed by atoms with van der Waals surface area (Å²) in [5, 5.41) is 0. The maximum atomic E-state index is 12.1. The number of carbonyl (C=O) groups excluding carboxylic acids is 3. The zero-order valence-electron chi connectivity index (χ0n) is 11.7. The summed E-state index contributed by atoms with van der Waals surface area (Å²) in [6.45, 7) is 5.74. The van der Waals surface area contributed by atoms with Gasteiger partial charge in [0, 0.05) is 0 Å². The third-order valence-corrected chi connectivity index (χ3v) is 3.72. The van der Waals surface area contributed by atoms with Crippen molar-refractivity contribution in [2.45, 2.75) is 39.2 Å². The van der Waals surface area contributed by atoms with Crippen LogP contribution in [0.15, 0.2) is 18.2 Å². The number of cyclic esters (lactones) is 2. The van der Waals surface area contributed by atoms with Gasteiger partial charge in [-0.1, -0.05) is 13.8 Å². The second-order valence-corrected chi connectivity index (χ2v) is 4.98. The lowest BCUT2D eigenvalue weighted by molar-refractivity contribution is -0.0131. The summed E-state index contributed by atoms with van der Waals surface area (Å²) < 4.78 is 9.95. The van der Waals surface area contributed by atoms with Gasteiger partial charge < -0.3 is 9.47 Å². The average Bonchev–Trinajstić information content (AvgIpc) is 2.73. The van der Waals surface area contributed by atoms with Crippen LogP contribution in [-0.2, 0) is 9.47 Å². The molecular weight excluding hydrogens is 260 g/mol. The lowest BCUT2D eigenvalue weighted by Gasteiger charge is -2.26. The Morgan fingerprint density at radius 3 is 2.35 bits per heavy atom. The van der Waals surface area contributed by atoms with E-state index in [0.717, 1.165) is 0 Å². The number of carbonyl (C=O) groups is 3. The molecule has 5 nitrogen and oxygen atoms in total. The first-order valence-electron chi connectivity index (χ1n) is 6.54. The summed E-state index contributed by atoms with van der Waals surface area (Å²) in [6.07, 6.45) is 1.39. The minimum Gasteiger partial charge on any atom is -0.456 e. The molecular formula is C15H16O5. The normalized spacial score (nSPS) is 13.9. The molecule has 106 valence electrons. The van der Waals surface area contributed by atoms with E-state index in [1.807, 2.05) is 20.8 Å². The van der Waals surface area contributed by atoms with Crippen LogP contribution in [0.3, 0.4) is 0 Å². The van der Waals surface area contributed by atoms with Gasteiger partial charge in [-0.2, -0.15) is 0 Å². The molecule has 0 amide bonds. The van der Waals surface area contributed by atoms with Gasteiger partial charge in [0.25, 0.3) is 0 Å². The van der Waals surface area contributed by atoms with E-state index < -0.39 is 23.5 Å². The Bertz CT molecular complexity index is 584. The van der Waals surface area contributed by atoms with Crippen LogP contribution >= 0.6 is 0 Å². The molecule has 0 N–H and O–H groups in total. The Kier molecular flexibility index (Phi) is 3.61. The Balaban J connectivity index is 2.27. The van der Waals surface area contributed by atoms with Gasteiger partial charge in [0.05, 0.1) is 16.7 Å². The molecule has 2 rings (SSSR count). The molecule has 0 aliphatic carbocycles. The van der Waals surface area contributed by atoms with Crippen LogP contribution in [0, 0.1) is 0 Å². The lowest BCUT2D eigenvalue weighted by atomic mass is 9.99. The van der Waals surface area contributed by atoms with Gasteiger partial charge in [-0.25, -0.2) is 14.4 Å². The number of esters is 3. The molecule has 0 aromatic heterocycles. The monoisotopic (exact) mass is 276 g/mol. The van der Waals surface area contributed by atoms with Crippen molar-refractivity contribution in [2.75, 3.05) is 0 Å². The first-order chi connectivity index (χ1) is 9.40. The number of benzene rings is 1. The molecule has 1 heterocycles. The minimum absolute atomic E-state index is 0.110. The first kappa shape index (κ1) is 14.2. The highest BCUT2D eigenvalue weighted by atomic mass is 16.6. The van der Waals surface area contributed by atoms with E-state index in [2.05, 4.69) is 4.74 Å². The molecule has 1 aliphatic rings. The molecule has 0 atom stereocenters. The van der Waals surface area contributed by atoms with Gasteiger partial charge in [-0.05, 0) is 38.0 Å². The third-order valence-electron chi connectivity index (χ3n) is 3.72. The molecule has 0 spiro atoms. The molecule has 0 bridgehead atoms. The zero-order valence-corrected chi connectivity index (χ0v) is 11.7. The highest BCUT2D eigenvalue weighted by Crippen LogP contribution is 2.24. The fourth-order valence-electron chi connectivity index (χ4n) is 1.89. The van der Waals surface area contributed by atoms with E-state index in [1.165, 1.54) is 18.2 Å². The highest BCUT2D eigenvalue weighted by molar-refractivity contribution is 6.15. The fraction of sp³-hybridized carbons (Fsp3) is 0.400.